The first-order valence-electron chi connectivity index (χ1n) is 9.28. The fourth-order valence-corrected chi connectivity index (χ4v) is 4.25. The van der Waals surface area contributed by atoms with Gasteiger partial charge in [0.1, 0.15) is 16.5 Å². The lowest BCUT2D eigenvalue weighted by atomic mass is 9.99. The molecule has 0 amide bonds. The molecular formula is C19H22F4N4O2S. The van der Waals surface area contributed by atoms with Crippen LogP contribution in [-0.2, 0) is 16.0 Å². The number of piperazine rings is 1. The Balaban J connectivity index is 1.86. The van der Waals surface area contributed by atoms with Crippen LogP contribution < -0.4 is 9.80 Å². The molecule has 1 atom stereocenters. The van der Waals surface area contributed by atoms with Crippen LogP contribution in [0.25, 0.3) is 0 Å². The first kappa shape index (κ1) is 22.3. The second kappa shape index (κ2) is 8.01. The maximum Gasteiger partial charge on any atom is 0.434 e. The minimum atomic E-state index is -4.55. The molecule has 0 bridgehead atoms. The van der Waals surface area contributed by atoms with Gasteiger partial charge in [0.15, 0.2) is 15.5 Å². The van der Waals surface area contributed by atoms with Crippen molar-refractivity contribution in [3.8, 4) is 0 Å². The second-order valence-corrected chi connectivity index (χ2v) is 9.58. The number of benzene rings is 1. The maximum atomic E-state index is 13.9. The summed E-state index contributed by atoms with van der Waals surface area (Å²) in [6, 6.07) is 3.85. The van der Waals surface area contributed by atoms with E-state index in [1.54, 1.807) is 0 Å². The average molecular weight is 446 g/mol. The summed E-state index contributed by atoms with van der Waals surface area (Å²) in [7, 11) is -3.72. The molecule has 0 saturated carbocycles. The third-order valence-electron chi connectivity index (χ3n) is 5.09. The highest BCUT2D eigenvalue weighted by molar-refractivity contribution is 7.90. The predicted molar refractivity (Wildman–Crippen MR) is 105 cm³/mol. The lowest BCUT2D eigenvalue weighted by Crippen LogP contribution is -2.56. The van der Waals surface area contributed by atoms with Crippen LogP contribution in [0.4, 0.5) is 29.1 Å². The number of halogens is 4. The van der Waals surface area contributed by atoms with Gasteiger partial charge >= 0.3 is 6.18 Å². The van der Waals surface area contributed by atoms with E-state index in [4.69, 9.17) is 0 Å². The molecule has 1 fully saturated rings. The minimum absolute atomic E-state index is 0.114. The van der Waals surface area contributed by atoms with Gasteiger partial charge in [0, 0.05) is 31.6 Å². The van der Waals surface area contributed by atoms with E-state index in [1.165, 1.54) is 12.1 Å². The number of hydrogen-bond donors (Lipinski definition) is 0. The van der Waals surface area contributed by atoms with E-state index in [0.29, 0.717) is 31.1 Å². The molecule has 0 N–H and O–H groups in total. The Morgan fingerprint density at radius 3 is 2.37 bits per heavy atom. The van der Waals surface area contributed by atoms with Crippen LogP contribution in [0.5, 0.6) is 0 Å². The summed E-state index contributed by atoms with van der Waals surface area (Å²) >= 11 is 0. The summed E-state index contributed by atoms with van der Waals surface area (Å²) in [5.74, 6) is -0.343. The third kappa shape index (κ3) is 4.66. The topological polar surface area (TPSA) is 66.4 Å². The largest absolute Gasteiger partial charge is 0.434 e. The number of nitrogens with zero attached hydrogens (tertiary/aromatic N) is 4. The Labute approximate surface area is 172 Å². The van der Waals surface area contributed by atoms with Gasteiger partial charge in [-0.2, -0.15) is 13.2 Å². The molecule has 1 aliphatic heterocycles. The number of aromatic nitrogens is 2. The summed E-state index contributed by atoms with van der Waals surface area (Å²) in [4.78, 5) is 10.9. The number of rotatable bonds is 4. The SMILES string of the molecule is CC(C)C1CN(c2ccc(F)c(S(C)(=O)=O)c2)CCN1c1cnc(C(F)(F)F)cn1. The molecule has 1 aliphatic rings. The summed E-state index contributed by atoms with van der Waals surface area (Å²) in [5, 5.41) is 0. The maximum absolute atomic E-state index is 13.9. The summed E-state index contributed by atoms with van der Waals surface area (Å²) < 4.78 is 75.9. The van der Waals surface area contributed by atoms with Crippen molar-refractivity contribution in [2.24, 2.45) is 5.92 Å². The van der Waals surface area contributed by atoms with Crippen LogP contribution >= 0.6 is 0 Å². The molecule has 0 radical (unpaired) electrons. The zero-order chi connectivity index (χ0) is 22.3. The molecule has 2 aromatic rings. The van der Waals surface area contributed by atoms with Crippen LogP contribution in [0.3, 0.4) is 0 Å². The normalized spacial score (nSPS) is 18.2. The van der Waals surface area contributed by atoms with Crippen LogP contribution in [0, 0.1) is 11.7 Å². The molecule has 1 unspecified atom stereocenters. The van der Waals surface area contributed by atoms with Crippen molar-refractivity contribution >= 4 is 21.3 Å². The highest BCUT2D eigenvalue weighted by atomic mass is 32.2. The molecule has 1 aromatic carbocycles. The molecule has 1 aromatic heterocycles. The monoisotopic (exact) mass is 446 g/mol. The Morgan fingerprint density at radius 2 is 1.83 bits per heavy atom. The number of sulfone groups is 1. The average Bonchev–Trinajstić information content (AvgIpc) is 2.66. The van der Waals surface area contributed by atoms with Crippen molar-refractivity contribution in [3.05, 3.63) is 42.1 Å². The summed E-state index contributed by atoms with van der Waals surface area (Å²) in [5.41, 5.74) is -0.480. The molecule has 3 rings (SSSR count). The smallest absolute Gasteiger partial charge is 0.368 e. The van der Waals surface area contributed by atoms with Crippen molar-refractivity contribution < 1.29 is 26.0 Å². The minimum Gasteiger partial charge on any atom is -0.368 e. The number of hydrogen-bond acceptors (Lipinski definition) is 6. The second-order valence-electron chi connectivity index (χ2n) is 7.60. The van der Waals surface area contributed by atoms with Gasteiger partial charge in [-0.15, -0.1) is 0 Å². The molecule has 11 heteroatoms. The van der Waals surface area contributed by atoms with Crippen molar-refractivity contribution in [2.75, 3.05) is 35.7 Å². The van der Waals surface area contributed by atoms with Crippen molar-refractivity contribution in [1.82, 2.24) is 9.97 Å². The van der Waals surface area contributed by atoms with E-state index < -0.39 is 27.5 Å². The zero-order valence-electron chi connectivity index (χ0n) is 16.7. The van der Waals surface area contributed by atoms with Crippen LogP contribution in [-0.4, -0.2) is 50.3 Å². The van der Waals surface area contributed by atoms with Gasteiger partial charge in [-0.25, -0.2) is 22.8 Å². The van der Waals surface area contributed by atoms with E-state index in [9.17, 15) is 26.0 Å². The fourth-order valence-electron chi connectivity index (χ4n) is 3.49. The zero-order valence-corrected chi connectivity index (χ0v) is 17.5. The Kier molecular flexibility index (Phi) is 5.94. The Bertz CT molecular complexity index is 1010. The van der Waals surface area contributed by atoms with E-state index in [1.807, 2.05) is 23.6 Å². The predicted octanol–water partition coefficient (Wildman–Crippen LogP) is 3.39. The van der Waals surface area contributed by atoms with Gasteiger partial charge in [0.2, 0.25) is 0 Å². The van der Waals surface area contributed by atoms with Gasteiger partial charge < -0.3 is 9.80 Å². The van der Waals surface area contributed by atoms with E-state index in [-0.39, 0.29) is 16.9 Å². The van der Waals surface area contributed by atoms with E-state index in [0.717, 1.165) is 24.7 Å². The molecule has 2 heterocycles. The first-order chi connectivity index (χ1) is 13.9. The molecule has 1 saturated heterocycles. The lowest BCUT2D eigenvalue weighted by Gasteiger charge is -2.45. The van der Waals surface area contributed by atoms with Crippen molar-refractivity contribution in [1.29, 1.82) is 0 Å². The van der Waals surface area contributed by atoms with Crippen LogP contribution in [0.2, 0.25) is 0 Å². The highest BCUT2D eigenvalue weighted by Crippen LogP contribution is 2.30. The van der Waals surface area contributed by atoms with Crippen molar-refractivity contribution in [3.63, 3.8) is 0 Å². The molecular weight excluding hydrogens is 424 g/mol. The highest BCUT2D eigenvalue weighted by Gasteiger charge is 2.35. The molecule has 0 spiro atoms. The molecule has 30 heavy (non-hydrogen) atoms. The lowest BCUT2D eigenvalue weighted by molar-refractivity contribution is -0.141. The van der Waals surface area contributed by atoms with Crippen LogP contribution in [0.1, 0.15) is 19.5 Å². The molecule has 164 valence electrons. The fraction of sp³-hybridized carbons (Fsp3) is 0.474. The quantitative estimate of drug-likeness (QED) is 0.671. The third-order valence-corrected chi connectivity index (χ3v) is 6.20. The van der Waals surface area contributed by atoms with Gasteiger partial charge in [0.05, 0.1) is 18.4 Å². The van der Waals surface area contributed by atoms with Gasteiger partial charge in [-0.3, -0.25) is 0 Å². The van der Waals surface area contributed by atoms with Gasteiger partial charge in [0.25, 0.3) is 0 Å². The van der Waals surface area contributed by atoms with Gasteiger partial charge in [-0.1, -0.05) is 13.8 Å². The first-order valence-corrected chi connectivity index (χ1v) is 11.2. The molecule has 0 aliphatic carbocycles. The Morgan fingerprint density at radius 1 is 1.13 bits per heavy atom. The van der Waals surface area contributed by atoms with E-state index >= 15 is 0 Å². The van der Waals surface area contributed by atoms with Crippen molar-refractivity contribution in [2.45, 2.75) is 31.0 Å². The molecule has 6 nitrogen and oxygen atoms in total. The number of anilines is 2. The van der Waals surface area contributed by atoms with Crippen LogP contribution in [0.15, 0.2) is 35.5 Å². The van der Waals surface area contributed by atoms with E-state index in [2.05, 4.69) is 9.97 Å². The Hall–Kier alpha value is -2.43. The summed E-state index contributed by atoms with van der Waals surface area (Å²) in [6.07, 6.45) is -1.76. The standard InChI is InChI=1S/C19H22F4N4O2S/c1-12(2)15-11-26(13-4-5-14(20)16(8-13)30(3,28)29)6-7-27(15)18-10-24-17(9-25-18)19(21,22)23/h4-5,8-10,12,15H,6-7,11H2,1-3H3. The van der Waals surface area contributed by atoms with Gasteiger partial charge in [-0.05, 0) is 24.1 Å². The summed E-state index contributed by atoms with van der Waals surface area (Å²) in [6.45, 7) is 5.32. The number of alkyl halides is 3.